The topological polar surface area (TPSA) is 78.9 Å². The minimum Gasteiger partial charge on any atom is -0.450 e. The Morgan fingerprint density at radius 1 is 1.08 bits per heavy atom. The molecular weight excluding hydrogens is 322 g/mol. The van der Waals surface area contributed by atoms with Crippen LogP contribution in [0.2, 0.25) is 0 Å². The molecule has 0 radical (unpaired) electrons. The zero-order chi connectivity index (χ0) is 18.4. The molecule has 2 amide bonds. The predicted octanol–water partition coefficient (Wildman–Crippen LogP) is 1.55. The summed E-state index contributed by atoms with van der Waals surface area (Å²) in [7, 11) is 0. The lowest BCUT2D eigenvalue weighted by molar-refractivity contribution is 0.0565. The third-order valence-corrected chi connectivity index (χ3v) is 4.22. The summed E-state index contributed by atoms with van der Waals surface area (Å²) in [6, 6.07) is 1.75. The van der Waals surface area contributed by atoms with E-state index in [1.165, 1.54) is 0 Å². The number of amides is 2. The molecule has 1 aromatic heterocycles. The SMILES string of the molecule is CCOC(=O)N1CCN(C(=O)c2cc(N(CC)CC)nc(C)n2)CC1. The van der Waals surface area contributed by atoms with Crippen molar-refractivity contribution in [3.05, 3.63) is 17.6 Å². The van der Waals surface area contributed by atoms with Crippen LogP contribution in [0.15, 0.2) is 6.07 Å². The molecule has 1 aliphatic heterocycles. The van der Waals surface area contributed by atoms with E-state index in [0.29, 0.717) is 44.3 Å². The van der Waals surface area contributed by atoms with Crippen LogP contribution in [0.25, 0.3) is 0 Å². The third kappa shape index (κ3) is 4.58. The van der Waals surface area contributed by atoms with Crippen LogP contribution >= 0.6 is 0 Å². The maximum atomic E-state index is 12.8. The fraction of sp³-hybridized carbons (Fsp3) is 0.647. The first-order valence-electron chi connectivity index (χ1n) is 8.81. The Hall–Kier alpha value is -2.38. The fourth-order valence-electron chi connectivity index (χ4n) is 2.84. The quantitative estimate of drug-likeness (QED) is 0.802. The van der Waals surface area contributed by atoms with Crippen molar-refractivity contribution < 1.29 is 14.3 Å². The van der Waals surface area contributed by atoms with Crippen LogP contribution in [0.3, 0.4) is 0 Å². The second-order valence-corrected chi connectivity index (χ2v) is 5.81. The number of carbonyl (C=O) groups is 2. The molecular formula is C17H27N5O3. The summed E-state index contributed by atoms with van der Waals surface area (Å²) in [5.74, 6) is 1.23. The van der Waals surface area contributed by atoms with Gasteiger partial charge in [-0.15, -0.1) is 0 Å². The minimum atomic E-state index is -0.323. The second kappa shape index (κ2) is 8.64. The van der Waals surface area contributed by atoms with E-state index in [9.17, 15) is 9.59 Å². The molecule has 1 aliphatic rings. The van der Waals surface area contributed by atoms with Gasteiger partial charge in [-0.1, -0.05) is 0 Å². The average molecular weight is 349 g/mol. The first-order valence-corrected chi connectivity index (χ1v) is 8.81. The van der Waals surface area contributed by atoms with Gasteiger partial charge in [-0.05, 0) is 27.7 Å². The number of aryl methyl sites for hydroxylation is 1. The Balaban J connectivity index is 2.07. The van der Waals surface area contributed by atoms with E-state index in [-0.39, 0.29) is 12.0 Å². The lowest BCUT2D eigenvalue weighted by atomic mass is 10.2. The van der Waals surface area contributed by atoms with Gasteiger partial charge < -0.3 is 19.4 Å². The van der Waals surface area contributed by atoms with Gasteiger partial charge in [0.1, 0.15) is 17.3 Å². The Kier molecular flexibility index (Phi) is 6.55. The molecule has 0 saturated carbocycles. The Morgan fingerprint density at radius 2 is 1.68 bits per heavy atom. The van der Waals surface area contributed by atoms with E-state index in [2.05, 4.69) is 28.7 Å². The monoisotopic (exact) mass is 349 g/mol. The number of nitrogens with zero attached hydrogens (tertiary/aromatic N) is 5. The van der Waals surface area contributed by atoms with Gasteiger partial charge >= 0.3 is 6.09 Å². The molecule has 1 aromatic rings. The van der Waals surface area contributed by atoms with Crippen LogP contribution in [0.1, 0.15) is 37.1 Å². The van der Waals surface area contributed by atoms with Crippen molar-refractivity contribution in [2.75, 3.05) is 50.8 Å². The van der Waals surface area contributed by atoms with E-state index >= 15 is 0 Å². The molecule has 2 rings (SSSR count). The number of aromatic nitrogens is 2. The highest BCUT2D eigenvalue weighted by atomic mass is 16.6. The number of ether oxygens (including phenoxy) is 1. The maximum Gasteiger partial charge on any atom is 0.409 e. The molecule has 25 heavy (non-hydrogen) atoms. The number of hydrogen-bond donors (Lipinski definition) is 0. The Morgan fingerprint density at radius 3 is 2.24 bits per heavy atom. The molecule has 8 nitrogen and oxygen atoms in total. The highest BCUT2D eigenvalue weighted by Crippen LogP contribution is 2.15. The summed E-state index contributed by atoms with van der Waals surface area (Å²) in [4.78, 5) is 38.7. The summed E-state index contributed by atoms with van der Waals surface area (Å²) in [6.45, 7) is 11.6. The molecule has 0 spiro atoms. The molecule has 0 bridgehead atoms. The van der Waals surface area contributed by atoms with Crippen LogP contribution < -0.4 is 4.90 Å². The normalized spacial score (nSPS) is 14.4. The molecule has 1 saturated heterocycles. The number of rotatable bonds is 5. The highest BCUT2D eigenvalue weighted by Gasteiger charge is 2.26. The second-order valence-electron chi connectivity index (χ2n) is 5.81. The molecule has 0 unspecified atom stereocenters. The van der Waals surface area contributed by atoms with Gasteiger partial charge in [0.2, 0.25) is 0 Å². The van der Waals surface area contributed by atoms with Gasteiger partial charge in [-0.3, -0.25) is 4.79 Å². The molecule has 2 heterocycles. The Bertz CT molecular complexity index is 610. The number of piperazine rings is 1. The number of hydrogen-bond acceptors (Lipinski definition) is 6. The summed E-state index contributed by atoms with van der Waals surface area (Å²) >= 11 is 0. The van der Waals surface area contributed by atoms with Gasteiger partial charge in [-0.25, -0.2) is 14.8 Å². The molecule has 0 aliphatic carbocycles. The van der Waals surface area contributed by atoms with Crippen molar-refractivity contribution in [3.63, 3.8) is 0 Å². The molecule has 8 heteroatoms. The van der Waals surface area contributed by atoms with E-state index in [1.54, 1.807) is 29.7 Å². The van der Waals surface area contributed by atoms with E-state index in [1.807, 2.05) is 0 Å². The predicted molar refractivity (Wildman–Crippen MR) is 94.8 cm³/mol. The molecule has 0 N–H and O–H groups in total. The zero-order valence-electron chi connectivity index (χ0n) is 15.5. The number of anilines is 1. The largest absolute Gasteiger partial charge is 0.450 e. The van der Waals surface area contributed by atoms with Gasteiger partial charge in [0.25, 0.3) is 5.91 Å². The third-order valence-electron chi connectivity index (χ3n) is 4.22. The van der Waals surface area contributed by atoms with Gasteiger partial charge in [0.05, 0.1) is 6.61 Å². The van der Waals surface area contributed by atoms with E-state index in [0.717, 1.165) is 18.9 Å². The zero-order valence-corrected chi connectivity index (χ0v) is 15.5. The van der Waals surface area contributed by atoms with Crippen LogP contribution in [0, 0.1) is 6.92 Å². The van der Waals surface area contributed by atoms with Crippen LogP contribution in [-0.4, -0.2) is 77.6 Å². The molecule has 0 atom stereocenters. The fourth-order valence-corrected chi connectivity index (χ4v) is 2.84. The van der Waals surface area contributed by atoms with Crippen molar-refractivity contribution in [2.45, 2.75) is 27.7 Å². The first-order chi connectivity index (χ1) is 12.0. The summed E-state index contributed by atoms with van der Waals surface area (Å²) in [6.07, 6.45) is -0.323. The maximum absolute atomic E-state index is 12.8. The van der Waals surface area contributed by atoms with E-state index < -0.39 is 0 Å². The molecule has 0 aromatic carbocycles. The average Bonchev–Trinajstić information content (AvgIpc) is 2.62. The van der Waals surface area contributed by atoms with Crippen molar-refractivity contribution >= 4 is 17.8 Å². The smallest absolute Gasteiger partial charge is 0.409 e. The summed E-state index contributed by atoms with van der Waals surface area (Å²) in [5.41, 5.74) is 0.402. The van der Waals surface area contributed by atoms with Crippen molar-refractivity contribution in [1.29, 1.82) is 0 Å². The number of carbonyl (C=O) groups excluding carboxylic acids is 2. The van der Waals surface area contributed by atoms with E-state index in [4.69, 9.17) is 4.74 Å². The van der Waals surface area contributed by atoms with Crippen LogP contribution in [0.5, 0.6) is 0 Å². The summed E-state index contributed by atoms with van der Waals surface area (Å²) < 4.78 is 5.00. The van der Waals surface area contributed by atoms with Crippen LogP contribution in [0.4, 0.5) is 10.6 Å². The van der Waals surface area contributed by atoms with Crippen LogP contribution in [-0.2, 0) is 4.74 Å². The van der Waals surface area contributed by atoms with Crippen molar-refractivity contribution in [2.24, 2.45) is 0 Å². The van der Waals surface area contributed by atoms with Gasteiger partial charge in [0.15, 0.2) is 0 Å². The van der Waals surface area contributed by atoms with Crippen molar-refractivity contribution in [3.8, 4) is 0 Å². The van der Waals surface area contributed by atoms with Crippen molar-refractivity contribution in [1.82, 2.24) is 19.8 Å². The Labute approximate surface area is 148 Å². The highest BCUT2D eigenvalue weighted by molar-refractivity contribution is 5.93. The molecule has 1 fully saturated rings. The first kappa shape index (κ1) is 19.0. The summed E-state index contributed by atoms with van der Waals surface area (Å²) in [5, 5.41) is 0. The lowest BCUT2D eigenvalue weighted by Gasteiger charge is -2.34. The molecule has 138 valence electrons. The lowest BCUT2D eigenvalue weighted by Crippen LogP contribution is -2.50. The standard InChI is InChI=1S/C17H27N5O3/c1-5-20(6-2)15-12-14(18-13(4)19-15)16(23)21-8-10-22(11-9-21)17(24)25-7-3/h12H,5-11H2,1-4H3. The minimum absolute atomic E-state index is 0.123. The van der Waals surface area contributed by atoms with Gasteiger partial charge in [-0.2, -0.15) is 0 Å². The van der Waals surface area contributed by atoms with Gasteiger partial charge in [0, 0.05) is 45.3 Å².